The molecule has 0 aromatic heterocycles. The number of esters is 1. The van der Waals surface area contributed by atoms with Crippen LogP contribution in [0.5, 0.6) is 0 Å². The van der Waals surface area contributed by atoms with Crippen molar-refractivity contribution in [3.05, 3.63) is 0 Å². The Labute approximate surface area is 103 Å². The zero-order chi connectivity index (χ0) is 12.6. The van der Waals surface area contributed by atoms with Gasteiger partial charge in [-0.05, 0) is 44.1 Å². The molecule has 2 rings (SSSR count). The molecule has 2 aliphatic carbocycles. The fourth-order valence-corrected chi connectivity index (χ4v) is 2.71. The van der Waals surface area contributed by atoms with Crippen LogP contribution in [0.1, 0.15) is 26.2 Å². The third kappa shape index (κ3) is 2.80. The zero-order valence-electron chi connectivity index (χ0n) is 11.1. The third-order valence-corrected chi connectivity index (χ3v) is 4.23. The summed E-state index contributed by atoms with van der Waals surface area (Å²) in [4.78, 5) is 14.0. The van der Waals surface area contributed by atoms with E-state index in [1.807, 2.05) is 0 Å². The summed E-state index contributed by atoms with van der Waals surface area (Å²) < 4.78 is 4.87. The maximum Gasteiger partial charge on any atom is 0.327 e. The minimum absolute atomic E-state index is 0.254. The Hall–Kier alpha value is -0.610. The van der Waals surface area contributed by atoms with E-state index in [1.165, 1.54) is 13.5 Å². The maximum absolute atomic E-state index is 11.8. The molecule has 0 radical (unpaired) electrons. The Kier molecular flexibility index (Phi) is 3.46. The molecule has 98 valence electrons. The molecule has 0 aromatic rings. The minimum Gasteiger partial charge on any atom is -0.468 e. The summed E-state index contributed by atoms with van der Waals surface area (Å²) in [5, 5.41) is 0. The first kappa shape index (κ1) is 12.8. The lowest BCUT2D eigenvalue weighted by atomic mass is 9.94. The maximum atomic E-state index is 11.8. The van der Waals surface area contributed by atoms with Crippen molar-refractivity contribution in [2.24, 2.45) is 23.5 Å². The van der Waals surface area contributed by atoms with Crippen molar-refractivity contribution in [2.75, 3.05) is 27.2 Å². The Morgan fingerprint density at radius 2 is 2.12 bits per heavy atom. The molecular weight excluding hydrogens is 216 g/mol. The van der Waals surface area contributed by atoms with Crippen LogP contribution >= 0.6 is 0 Å². The largest absolute Gasteiger partial charge is 0.468 e. The van der Waals surface area contributed by atoms with Gasteiger partial charge in [-0.25, -0.2) is 0 Å². The summed E-state index contributed by atoms with van der Waals surface area (Å²) in [6, 6.07) is 0. The van der Waals surface area contributed by atoms with Gasteiger partial charge in [-0.2, -0.15) is 0 Å². The number of hydrogen-bond donors (Lipinski definition) is 1. The van der Waals surface area contributed by atoms with Gasteiger partial charge < -0.3 is 15.4 Å². The molecule has 2 aliphatic rings. The van der Waals surface area contributed by atoms with E-state index in [-0.39, 0.29) is 5.97 Å². The molecule has 3 unspecified atom stereocenters. The van der Waals surface area contributed by atoms with E-state index >= 15 is 0 Å². The Bertz CT molecular complexity index is 304. The van der Waals surface area contributed by atoms with Crippen molar-refractivity contribution >= 4 is 5.97 Å². The molecule has 17 heavy (non-hydrogen) atoms. The van der Waals surface area contributed by atoms with Gasteiger partial charge in [0.05, 0.1) is 7.11 Å². The molecule has 4 heteroatoms. The second-order valence-electron chi connectivity index (χ2n) is 5.98. The smallest absolute Gasteiger partial charge is 0.327 e. The molecule has 0 aliphatic heterocycles. The summed E-state index contributed by atoms with van der Waals surface area (Å²) in [7, 11) is 3.48. The van der Waals surface area contributed by atoms with E-state index in [1.54, 1.807) is 0 Å². The molecular formula is C13H24N2O2. The first-order chi connectivity index (χ1) is 7.97. The second-order valence-corrected chi connectivity index (χ2v) is 5.98. The van der Waals surface area contributed by atoms with Gasteiger partial charge in [-0.1, -0.05) is 6.92 Å². The number of likely N-dealkylation sites (N-methyl/N-ethyl adjacent to an activating group) is 1. The van der Waals surface area contributed by atoms with Crippen LogP contribution in [-0.2, 0) is 9.53 Å². The molecule has 2 N–H and O–H groups in total. The molecule has 0 bridgehead atoms. The number of rotatable bonds is 6. The Balaban J connectivity index is 1.90. The van der Waals surface area contributed by atoms with Crippen LogP contribution in [-0.4, -0.2) is 43.7 Å². The van der Waals surface area contributed by atoms with Crippen molar-refractivity contribution in [1.82, 2.24) is 4.90 Å². The number of nitrogens with two attached hydrogens (primary N) is 1. The quantitative estimate of drug-likeness (QED) is 0.699. The van der Waals surface area contributed by atoms with Crippen LogP contribution in [0.25, 0.3) is 0 Å². The molecule has 3 atom stereocenters. The van der Waals surface area contributed by atoms with Crippen LogP contribution in [0.2, 0.25) is 0 Å². The normalized spacial score (nSPS) is 31.1. The topological polar surface area (TPSA) is 55.6 Å². The minimum atomic E-state index is -0.790. The van der Waals surface area contributed by atoms with Crippen LogP contribution < -0.4 is 5.73 Å². The van der Waals surface area contributed by atoms with Crippen molar-refractivity contribution < 1.29 is 9.53 Å². The van der Waals surface area contributed by atoms with E-state index in [0.29, 0.717) is 12.5 Å². The number of methoxy groups -OCH3 is 1. The van der Waals surface area contributed by atoms with Crippen molar-refractivity contribution in [1.29, 1.82) is 0 Å². The SMILES string of the molecule is COC(=O)C(N)(CN(C)CC1CC1C)C1CC1. The molecule has 2 saturated carbocycles. The lowest BCUT2D eigenvalue weighted by Crippen LogP contribution is -2.58. The molecule has 0 aromatic carbocycles. The van der Waals surface area contributed by atoms with Crippen LogP contribution in [0, 0.1) is 17.8 Å². The number of carbonyl (C=O) groups is 1. The molecule has 4 nitrogen and oxygen atoms in total. The number of carbonyl (C=O) groups excluding carboxylic acids is 1. The Morgan fingerprint density at radius 1 is 1.53 bits per heavy atom. The van der Waals surface area contributed by atoms with Gasteiger partial charge >= 0.3 is 5.97 Å². The molecule has 0 spiro atoms. The van der Waals surface area contributed by atoms with E-state index in [2.05, 4.69) is 18.9 Å². The van der Waals surface area contributed by atoms with Gasteiger partial charge in [0, 0.05) is 13.1 Å². The average molecular weight is 240 g/mol. The van der Waals surface area contributed by atoms with E-state index in [9.17, 15) is 4.79 Å². The highest BCUT2D eigenvalue weighted by molar-refractivity contribution is 5.81. The fourth-order valence-electron chi connectivity index (χ4n) is 2.71. The lowest BCUT2D eigenvalue weighted by molar-refractivity contribution is -0.148. The molecule has 0 saturated heterocycles. The monoisotopic (exact) mass is 240 g/mol. The van der Waals surface area contributed by atoms with Gasteiger partial charge in [0.1, 0.15) is 5.54 Å². The second kappa shape index (κ2) is 4.58. The summed E-state index contributed by atoms with van der Waals surface area (Å²) >= 11 is 0. The Morgan fingerprint density at radius 3 is 2.53 bits per heavy atom. The van der Waals surface area contributed by atoms with E-state index < -0.39 is 5.54 Å². The summed E-state index contributed by atoms with van der Waals surface area (Å²) in [6.45, 7) is 3.94. The highest BCUT2D eigenvalue weighted by Gasteiger charge is 2.50. The van der Waals surface area contributed by atoms with Crippen LogP contribution in [0.3, 0.4) is 0 Å². The third-order valence-electron chi connectivity index (χ3n) is 4.23. The molecule has 0 heterocycles. The van der Waals surface area contributed by atoms with Crippen LogP contribution in [0.15, 0.2) is 0 Å². The fraction of sp³-hybridized carbons (Fsp3) is 0.923. The first-order valence-electron chi connectivity index (χ1n) is 6.53. The van der Waals surface area contributed by atoms with Crippen molar-refractivity contribution in [2.45, 2.75) is 31.7 Å². The van der Waals surface area contributed by atoms with Crippen molar-refractivity contribution in [3.8, 4) is 0 Å². The van der Waals surface area contributed by atoms with Gasteiger partial charge in [0.2, 0.25) is 0 Å². The standard InChI is InChI=1S/C13H24N2O2/c1-9-6-10(9)7-15(2)8-13(14,11-4-5-11)12(16)17-3/h9-11H,4-8,14H2,1-3H3. The molecule has 2 fully saturated rings. The number of ether oxygens (including phenoxy) is 1. The van der Waals surface area contributed by atoms with Crippen molar-refractivity contribution in [3.63, 3.8) is 0 Å². The highest BCUT2D eigenvalue weighted by atomic mass is 16.5. The van der Waals surface area contributed by atoms with E-state index in [4.69, 9.17) is 10.5 Å². The summed E-state index contributed by atoms with van der Waals surface area (Å²) in [5.41, 5.74) is 5.48. The summed E-state index contributed by atoms with van der Waals surface area (Å²) in [5.74, 6) is 1.69. The lowest BCUT2D eigenvalue weighted by Gasteiger charge is -2.31. The zero-order valence-corrected chi connectivity index (χ0v) is 11.1. The van der Waals surface area contributed by atoms with E-state index in [0.717, 1.165) is 31.2 Å². The highest BCUT2D eigenvalue weighted by Crippen LogP contribution is 2.41. The summed E-state index contributed by atoms with van der Waals surface area (Å²) in [6.07, 6.45) is 3.42. The van der Waals surface area contributed by atoms with Gasteiger partial charge in [0.25, 0.3) is 0 Å². The van der Waals surface area contributed by atoms with Crippen LogP contribution in [0.4, 0.5) is 0 Å². The molecule has 0 amide bonds. The number of hydrogen-bond acceptors (Lipinski definition) is 4. The predicted octanol–water partition coefficient (Wildman–Crippen LogP) is 0.855. The van der Waals surface area contributed by atoms with Gasteiger partial charge in [0.15, 0.2) is 0 Å². The van der Waals surface area contributed by atoms with Gasteiger partial charge in [-0.3, -0.25) is 4.79 Å². The predicted molar refractivity (Wildman–Crippen MR) is 66.4 cm³/mol. The van der Waals surface area contributed by atoms with Gasteiger partial charge in [-0.15, -0.1) is 0 Å². The first-order valence-corrected chi connectivity index (χ1v) is 6.53. The number of nitrogens with zero attached hydrogens (tertiary/aromatic N) is 1. The average Bonchev–Trinajstić information content (AvgIpc) is 3.14.